The van der Waals surface area contributed by atoms with E-state index in [4.69, 9.17) is 14.6 Å². The summed E-state index contributed by atoms with van der Waals surface area (Å²) in [5.41, 5.74) is 2.18. The van der Waals surface area contributed by atoms with Gasteiger partial charge in [0.15, 0.2) is 0 Å². The van der Waals surface area contributed by atoms with Crippen molar-refractivity contribution in [2.24, 2.45) is 0 Å². The average Bonchev–Trinajstić information content (AvgIpc) is 2.27. The highest BCUT2D eigenvalue weighted by molar-refractivity contribution is 5.73. The predicted molar refractivity (Wildman–Crippen MR) is 69.2 cm³/mol. The Morgan fingerprint density at radius 3 is 2.50 bits per heavy atom. The lowest BCUT2D eigenvalue weighted by atomic mass is 10.0. The van der Waals surface area contributed by atoms with Crippen molar-refractivity contribution in [2.75, 3.05) is 13.7 Å². The second-order valence-corrected chi connectivity index (χ2v) is 4.63. The highest BCUT2D eigenvalue weighted by Crippen LogP contribution is 2.23. The van der Waals surface area contributed by atoms with E-state index in [0.717, 1.165) is 11.1 Å². The second kappa shape index (κ2) is 6.40. The summed E-state index contributed by atoms with van der Waals surface area (Å²) in [6.07, 6.45) is -0.975. The molecule has 0 aliphatic rings. The Morgan fingerprint density at radius 1 is 1.33 bits per heavy atom. The first-order chi connectivity index (χ1) is 8.43. The van der Waals surface area contributed by atoms with Crippen molar-refractivity contribution >= 4 is 5.97 Å². The van der Waals surface area contributed by atoms with E-state index in [1.165, 1.54) is 7.11 Å². The van der Waals surface area contributed by atoms with E-state index in [1.807, 2.05) is 19.1 Å². The van der Waals surface area contributed by atoms with Gasteiger partial charge < -0.3 is 14.6 Å². The summed E-state index contributed by atoms with van der Waals surface area (Å²) in [7, 11) is 1.45. The highest BCUT2D eigenvalue weighted by atomic mass is 16.5. The highest BCUT2D eigenvalue weighted by Gasteiger charge is 2.19. The number of benzene rings is 1. The zero-order valence-corrected chi connectivity index (χ0v) is 11.3. The third kappa shape index (κ3) is 4.04. The van der Waals surface area contributed by atoms with Gasteiger partial charge in [0.05, 0.1) is 6.61 Å². The molecule has 0 saturated heterocycles. The van der Waals surface area contributed by atoms with Crippen molar-refractivity contribution in [1.82, 2.24) is 0 Å². The molecule has 1 aromatic rings. The fourth-order valence-corrected chi connectivity index (χ4v) is 1.65. The SMILES string of the molecule is COCC(Oc1cc(C)cc(C(C)C)c1)C(=O)O. The van der Waals surface area contributed by atoms with Crippen LogP contribution in [0.3, 0.4) is 0 Å². The zero-order chi connectivity index (χ0) is 13.7. The average molecular weight is 252 g/mol. The number of carboxylic acid groups (broad SMARTS) is 1. The Bertz CT molecular complexity index is 412. The molecule has 0 aliphatic carbocycles. The summed E-state index contributed by atoms with van der Waals surface area (Å²) < 4.78 is 10.3. The van der Waals surface area contributed by atoms with Gasteiger partial charge in [0.2, 0.25) is 6.10 Å². The summed E-state index contributed by atoms with van der Waals surface area (Å²) >= 11 is 0. The van der Waals surface area contributed by atoms with Crippen molar-refractivity contribution in [3.8, 4) is 5.75 Å². The number of methoxy groups -OCH3 is 1. The molecule has 0 aromatic heterocycles. The number of aryl methyl sites for hydroxylation is 1. The topological polar surface area (TPSA) is 55.8 Å². The minimum Gasteiger partial charge on any atom is -0.478 e. The maximum atomic E-state index is 11.0. The van der Waals surface area contributed by atoms with Crippen LogP contribution in [-0.2, 0) is 9.53 Å². The Labute approximate surface area is 108 Å². The third-order valence-electron chi connectivity index (χ3n) is 2.61. The molecule has 1 N–H and O–H groups in total. The van der Waals surface area contributed by atoms with Crippen molar-refractivity contribution in [2.45, 2.75) is 32.8 Å². The van der Waals surface area contributed by atoms with Gasteiger partial charge in [0.1, 0.15) is 5.75 Å². The van der Waals surface area contributed by atoms with Gasteiger partial charge in [-0.2, -0.15) is 0 Å². The lowest BCUT2D eigenvalue weighted by Crippen LogP contribution is -2.31. The summed E-state index contributed by atoms with van der Waals surface area (Å²) in [6.45, 7) is 6.16. The molecule has 1 unspecified atom stereocenters. The summed E-state index contributed by atoms with van der Waals surface area (Å²) in [4.78, 5) is 11.0. The smallest absolute Gasteiger partial charge is 0.347 e. The molecule has 100 valence electrons. The van der Waals surface area contributed by atoms with Crippen LogP contribution < -0.4 is 4.74 Å². The molecule has 0 aliphatic heterocycles. The first-order valence-electron chi connectivity index (χ1n) is 5.94. The minimum atomic E-state index is -1.02. The first kappa shape index (κ1) is 14.5. The fraction of sp³-hybridized carbons (Fsp3) is 0.500. The number of ether oxygens (including phenoxy) is 2. The van der Waals surface area contributed by atoms with Gasteiger partial charge in [0, 0.05) is 7.11 Å². The van der Waals surface area contributed by atoms with Gasteiger partial charge in [-0.05, 0) is 36.1 Å². The molecule has 1 atom stereocenters. The van der Waals surface area contributed by atoms with Crippen molar-refractivity contribution in [3.05, 3.63) is 29.3 Å². The Balaban J connectivity index is 2.91. The largest absolute Gasteiger partial charge is 0.478 e. The molecule has 4 nitrogen and oxygen atoms in total. The number of hydrogen-bond donors (Lipinski definition) is 1. The monoisotopic (exact) mass is 252 g/mol. The van der Waals surface area contributed by atoms with Crippen molar-refractivity contribution in [3.63, 3.8) is 0 Å². The standard InChI is InChI=1S/C14H20O4/c1-9(2)11-5-10(3)6-12(7-11)18-13(8-17-4)14(15)16/h5-7,9,13H,8H2,1-4H3,(H,15,16). The van der Waals surface area contributed by atoms with Crippen LogP contribution in [0.15, 0.2) is 18.2 Å². The van der Waals surface area contributed by atoms with E-state index in [0.29, 0.717) is 11.7 Å². The third-order valence-corrected chi connectivity index (χ3v) is 2.61. The summed E-state index contributed by atoms with van der Waals surface area (Å²) in [5.74, 6) is -0.0782. The fourth-order valence-electron chi connectivity index (χ4n) is 1.65. The maximum Gasteiger partial charge on any atom is 0.347 e. The predicted octanol–water partition coefficient (Wildman–Crippen LogP) is 2.60. The number of aliphatic carboxylic acids is 1. The van der Waals surface area contributed by atoms with Gasteiger partial charge in [-0.25, -0.2) is 4.79 Å². The Kier molecular flexibility index (Phi) is 5.16. The van der Waals surface area contributed by atoms with Gasteiger partial charge >= 0.3 is 5.97 Å². The maximum absolute atomic E-state index is 11.0. The molecular formula is C14H20O4. The first-order valence-corrected chi connectivity index (χ1v) is 5.94. The number of carbonyl (C=O) groups is 1. The van der Waals surface area contributed by atoms with Crippen LogP contribution >= 0.6 is 0 Å². The molecule has 0 radical (unpaired) electrons. The van der Waals surface area contributed by atoms with Gasteiger partial charge in [-0.1, -0.05) is 19.9 Å². The molecule has 0 spiro atoms. The van der Waals surface area contributed by atoms with E-state index in [-0.39, 0.29) is 6.61 Å². The zero-order valence-electron chi connectivity index (χ0n) is 11.3. The number of hydrogen-bond acceptors (Lipinski definition) is 3. The lowest BCUT2D eigenvalue weighted by molar-refractivity contribution is -0.147. The van der Waals surface area contributed by atoms with E-state index >= 15 is 0 Å². The van der Waals surface area contributed by atoms with Crippen LogP contribution in [0.4, 0.5) is 0 Å². The molecule has 4 heteroatoms. The second-order valence-electron chi connectivity index (χ2n) is 4.63. The van der Waals surface area contributed by atoms with E-state index in [1.54, 1.807) is 0 Å². The van der Waals surface area contributed by atoms with Crippen LogP contribution in [0.5, 0.6) is 5.75 Å². The lowest BCUT2D eigenvalue weighted by Gasteiger charge is -2.16. The van der Waals surface area contributed by atoms with Gasteiger partial charge in [-0.3, -0.25) is 0 Å². The van der Waals surface area contributed by atoms with E-state index in [2.05, 4.69) is 19.9 Å². The van der Waals surface area contributed by atoms with E-state index < -0.39 is 12.1 Å². The number of carboxylic acids is 1. The van der Waals surface area contributed by atoms with E-state index in [9.17, 15) is 4.79 Å². The van der Waals surface area contributed by atoms with Crippen LogP contribution in [-0.4, -0.2) is 30.9 Å². The summed E-state index contributed by atoms with van der Waals surface area (Å²) in [5, 5.41) is 9.01. The van der Waals surface area contributed by atoms with Crippen LogP contribution in [0.2, 0.25) is 0 Å². The molecule has 0 fully saturated rings. The van der Waals surface area contributed by atoms with Crippen LogP contribution in [0, 0.1) is 6.92 Å². The Morgan fingerprint density at radius 2 is 2.00 bits per heavy atom. The molecule has 1 aromatic carbocycles. The molecule has 0 bridgehead atoms. The Hall–Kier alpha value is -1.55. The van der Waals surface area contributed by atoms with Gasteiger partial charge in [0.25, 0.3) is 0 Å². The molecule has 0 heterocycles. The van der Waals surface area contributed by atoms with Crippen molar-refractivity contribution < 1.29 is 19.4 Å². The quantitative estimate of drug-likeness (QED) is 0.845. The van der Waals surface area contributed by atoms with Gasteiger partial charge in [-0.15, -0.1) is 0 Å². The molecule has 1 rings (SSSR count). The number of rotatable bonds is 6. The molecular weight excluding hydrogens is 232 g/mol. The van der Waals surface area contributed by atoms with Crippen molar-refractivity contribution in [1.29, 1.82) is 0 Å². The molecule has 0 amide bonds. The molecule has 18 heavy (non-hydrogen) atoms. The van der Waals surface area contributed by atoms with Crippen LogP contribution in [0.25, 0.3) is 0 Å². The van der Waals surface area contributed by atoms with Crippen LogP contribution in [0.1, 0.15) is 30.9 Å². The minimum absolute atomic E-state index is 0.0281. The summed E-state index contributed by atoms with van der Waals surface area (Å²) in [6, 6.07) is 5.78. The normalized spacial score (nSPS) is 12.5. The molecule has 0 saturated carbocycles.